The minimum absolute atomic E-state index is 0.0872. The Balaban J connectivity index is 1.68. The predicted molar refractivity (Wildman–Crippen MR) is 116 cm³/mol. The molecule has 0 fully saturated rings. The third kappa shape index (κ3) is 5.21. The number of alkyl carbamates (subject to hydrolysis) is 1. The van der Waals surface area contributed by atoms with Crippen molar-refractivity contribution in [2.24, 2.45) is 0 Å². The van der Waals surface area contributed by atoms with Crippen molar-refractivity contribution in [1.29, 1.82) is 0 Å². The number of amides is 2. The van der Waals surface area contributed by atoms with E-state index in [4.69, 9.17) is 9.84 Å². The van der Waals surface area contributed by atoms with Crippen LogP contribution in [0.15, 0.2) is 48.5 Å². The predicted octanol–water partition coefficient (Wildman–Crippen LogP) is 2.00. The maximum absolute atomic E-state index is 12.6. The Labute approximate surface area is 181 Å². The van der Waals surface area contributed by atoms with Gasteiger partial charge >= 0.3 is 12.1 Å². The van der Waals surface area contributed by atoms with E-state index in [1.165, 1.54) is 7.05 Å². The first-order chi connectivity index (χ1) is 14.8. The summed E-state index contributed by atoms with van der Waals surface area (Å²) in [5.41, 5.74) is 4.45. The molecule has 8 heteroatoms. The van der Waals surface area contributed by atoms with Crippen LogP contribution in [0.1, 0.15) is 17.0 Å². The first kappa shape index (κ1) is 22.3. The van der Waals surface area contributed by atoms with Crippen molar-refractivity contribution < 1.29 is 24.2 Å². The second kappa shape index (κ2) is 9.61. The second-order valence-electron chi connectivity index (χ2n) is 7.87. The van der Waals surface area contributed by atoms with E-state index in [0.29, 0.717) is 0 Å². The standard InChI is InChI=1S/C23H27N3O5/c1-25(2)12-20(22(29)26(3)13-21(27)28)24-23(30)31-14-19-17-10-6-4-8-15(17)16-9-5-7-11-18(16)19/h4-11,19-20H,12-14H2,1-3H3,(H,24,30)(H,27,28)/t20-/m0/s1. The number of likely N-dealkylation sites (N-methyl/N-ethyl adjacent to an activating group) is 2. The largest absolute Gasteiger partial charge is 0.480 e. The SMILES string of the molecule is CN(C)C[C@H](NC(=O)OCC1c2ccccc2-c2ccccc21)C(=O)N(C)CC(=O)O. The maximum Gasteiger partial charge on any atom is 0.407 e. The smallest absolute Gasteiger partial charge is 0.407 e. The molecule has 0 saturated heterocycles. The van der Waals surface area contributed by atoms with Gasteiger partial charge in [-0.05, 0) is 36.3 Å². The maximum atomic E-state index is 12.6. The molecule has 8 nitrogen and oxygen atoms in total. The number of benzene rings is 2. The topological polar surface area (TPSA) is 99.2 Å². The number of ether oxygens (including phenoxy) is 1. The Morgan fingerprint density at radius 3 is 2.06 bits per heavy atom. The summed E-state index contributed by atoms with van der Waals surface area (Å²) in [6.45, 7) is -0.101. The normalized spacial score (nSPS) is 13.3. The molecule has 3 rings (SSSR count). The number of carboxylic acid groups (broad SMARTS) is 1. The average Bonchev–Trinajstić information content (AvgIpc) is 3.04. The van der Waals surface area contributed by atoms with Crippen molar-refractivity contribution in [2.45, 2.75) is 12.0 Å². The van der Waals surface area contributed by atoms with Crippen LogP contribution in [0.2, 0.25) is 0 Å². The third-order valence-electron chi connectivity index (χ3n) is 5.23. The lowest BCUT2D eigenvalue weighted by molar-refractivity contribution is -0.144. The number of hydrogen-bond acceptors (Lipinski definition) is 5. The van der Waals surface area contributed by atoms with Crippen LogP contribution in [0.3, 0.4) is 0 Å². The van der Waals surface area contributed by atoms with Gasteiger partial charge < -0.3 is 25.0 Å². The molecule has 0 aliphatic heterocycles. The van der Waals surface area contributed by atoms with Gasteiger partial charge in [0.05, 0.1) is 0 Å². The van der Waals surface area contributed by atoms with E-state index >= 15 is 0 Å². The van der Waals surface area contributed by atoms with Crippen LogP contribution in [0.25, 0.3) is 11.1 Å². The molecule has 0 radical (unpaired) electrons. The Morgan fingerprint density at radius 2 is 1.55 bits per heavy atom. The van der Waals surface area contributed by atoms with E-state index in [1.807, 2.05) is 36.4 Å². The molecule has 0 aromatic heterocycles. The van der Waals surface area contributed by atoms with Gasteiger partial charge in [0, 0.05) is 19.5 Å². The van der Waals surface area contributed by atoms with Crippen molar-refractivity contribution in [1.82, 2.24) is 15.1 Å². The first-order valence-corrected chi connectivity index (χ1v) is 10.0. The lowest BCUT2D eigenvalue weighted by atomic mass is 9.98. The molecule has 0 heterocycles. The highest BCUT2D eigenvalue weighted by Crippen LogP contribution is 2.44. The zero-order valence-corrected chi connectivity index (χ0v) is 17.9. The molecule has 0 saturated carbocycles. The van der Waals surface area contributed by atoms with Crippen molar-refractivity contribution in [3.8, 4) is 11.1 Å². The summed E-state index contributed by atoms with van der Waals surface area (Å²) in [5.74, 6) is -1.71. The summed E-state index contributed by atoms with van der Waals surface area (Å²) < 4.78 is 5.51. The summed E-state index contributed by atoms with van der Waals surface area (Å²) in [4.78, 5) is 38.9. The van der Waals surface area contributed by atoms with Crippen molar-refractivity contribution in [3.05, 3.63) is 59.7 Å². The van der Waals surface area contributed by atoms with Gasteiger partial charge in [-0.3, -0.25) is 9.59 Å². The molecule has 0 unspecified atom stereocenters. The average molecular weight is 425 g/mol. The molecule has 1 atom stereocenters. The number of rotatable bonds is 8. The third-order valence-corrected chi connectivity index (χ3v) is 5.23. The molecule has 2 N–H and O–H groups in total. The van der Waals surface area contributed by atoms with Gasteiger partial charge in [-0.25, -0.2) is 4.79 Å². The van der Waals surface area contributed by atoms with Gasteiger partial charge in [0.2, 0.25) is 5.91 Å². The van der Waals surface area contributed by atoms with E-state index in [2.05, 4.69) is 17.4 Å². The Kier molecular flexibility index (Phi) is 6.91. The summed E-state index contributed by atoms with van der Waals surface area (Å²) in [6, 6.07) is 15.1. The Hall–Kier alpha value is -3.39. The Bertz CT molecular complexity index is 930. The highest BCUT2D eigenvalue weighted by Gasteiger charge is 2.30. The quantitative estimate of drug-likeness (QED) is 0.671. The van der Waals surface area contributed by atoms with E-state index < -0.39 is 30.6 Å². The number of carbonyl (C=O) groups is 3. The van der Waals surface area contributed by atoms with Gasteiger partial charge in [-0.1, -0.05) is 48.5 Å². The molecule has 0 spiro atoms. The number of carboxylic acids is 1. The highest BCUT2D eigenvalue weighted by molar-refractivity contribution is 5.88. The fraction of sp³-hybridized carbons (Fsp3) is 0.348. The van der Waals surface area contributed by atoms with Crippen molar-refractivity contribution in [2.75, 3.05) is 40.8 Å². The second-order valence-corrected chi connectivity index (χ2v) is 7.87. The first-order valence-electron chi connectivity index (χ1n) is 10.0. The lowest BCUT2D eigenvalue weighted by Gasteiger charge is -2.25. The molecule has 1 aliphatic carbocycles. The molecule has 0 bridgehead atoms. The molecular weight excluding hydrogens is 398 g/mol. The fourth-order valence-electron chi connectivity index (χ4n) is 3.88. The number of nitrogens with zero attached hydrogens (tertiary/aromatic N) is 2. The van der Waals surface area contributed by atoms with E-state index in [0.717, 1.165) is 27.2 Å². The van der Waals surface area contributed by atoms with Crippen molar-refractivity contribution >= 4 is 18.0 Å². The van der Waals surface area contributed by atoms with Gasteiger partial charge in [0.25, 0.3) is 0 Å². The Morgan fingerprint density at radius 1 is 1.00 bits per heavy atom. The highest BCUT2D eigenvalue weighted by atomic mass is 16.5. The van der Waals surface area contributed by atoms with Gasteiger partial charge in [0.1, 0.15) is 19.2 Å². The van der Waals surface area contributed by atoms with Gasteiger partial charge in [-0.15, -0.1) is 0 Å². The molecule has 164 valence electrons. The van der Waals surface area contributed by atoms with Crippen LogP contribution in [-0.2, 0) is 14.3 Å². The van der Waals surface area contributed by atoms with E-state index in [-0.39, 0.29) is 19.1 Å². The number of fused-ring (bicyclic) bond motifs is 3. The van der Waals surface area contributed by atoms with Crippen LogP contribution in [-0.4, -0.2) is 79.8 Å². The van der Waals surface area contributed by atoms with Crippen molar-refractivity contribution in [3.63, 3.8) is 0 Å². The number of nitrogens with one attached hydrogen (secondary N) is 1. The summed E-state index contributed by atoms with van der Waals surface area (Å²) in [6.07, 6.45) is -0.717. The minimum atomic E-state index is -1.12. The molecule has 31 heavy (non-hydrogen) atoms. The molecule has 2 amide bonds. The minimum Gasteiger partial charge on any atom is -0.480 e. The zero-order chi connectivity index (χ0) is 22.5. The van der Waals surface area contributed by atoms with Gasteiger partial charge in [0.15, 0.2) is 0 Å². The summed E-state index contributed by atoms with van der Waals surface area (Å²) in [5, 5.41) is 11.5. The molecule has 1 aliphatic rings. The van der Waals surface area contributed by atoms with Crippen LogP contribution in [0, 0.1) is 0 Å². The lowest BCUT2D eigenvalue weighted by Crippen LogP contribution is -2.53. The molecule has 2 aromatic rings. The molecular formula is C23H27N3O5. The van der Waals surface area contributed by atoms with Crippen LogP contribution >= 0.6 is 0 Å². The number of aliphatic carboxylic acids is 1. The monoisotopic (exact) mass is 425 g/mol. The van der Waals surface area contributed by atoms with Crippen LogP contribution < -0.4 is 5.32 Å². The van der Waals surface area contributed by atoms with Crippen LogP contribution in [0.4, 0.5) is 4.79 Å². The summed E-state index contributed by atoms with van der Waals surface area (Å²) >= 11 is 0. The zero-order valence-electron chi connectivity index (χ0n) is 17.9. The fourth-order valence-corrected chi connectivity index (χ4v) is 3.88. The van der Waals surface area contributed by atoms with Gasteiger partial charge in [-0.2, -0.15) is 0 Å². The summed E-state index contributed by atoms with van der Waals surface area (Å²) in [7, 11) is 4.91. The van der Waals surface area contributed by atoms with Crippen LogP contribution in [0.5, 0.6) is 0 Å². The van der Waals surface area contributed by atoms with E-state index in [9.17, 15) is 14.4 Å². The number of carbonyl (C=O) groups excluding carboxylic acids is 2. The number of hydrogen-bond donors (Lipinski definition) is 2. The van der Waals surface area contributed by atoms with E-state index in [1.54, 1.807) is 19.0 Å². The molecule has 2 aromatic carbocycles.